The summed E-state index contributed by atoms with van der Waals surface area (Å²) in [5.41, 5.74) is 1.59. The van der Waals surface area contributed by atoms with E-state index in [1.54, 1.807) is 6.07 Å². The zero-order valence-corrected chi connectivity index (χ0v) is 9.38. The highest BCUT2D eigenvalue weighted by atomic mass is 35.5. The second-order valence-corrected chi connectivity index (χ2v) is 3.78. The third kappa shape index (κ3) is 2.41. The number of hydrogen-bond acceptors (Lipinski definition) is 3. The van der Waals surface area contributed by atoms with Crippen molar-refractivity contribution in [1.82, 2.24) is 9.97 Å². The van der Waals surface area contributed by atoms with E-state index < -0.39 is 0 Å². The lowest BCUT2D eigenvalue weighted by Crippen LogP contribution is -2.08. The van der Waals surface area contributed by atoms with Crippen LogP contribution in [0.15, 0.2) is 35.3 Å². The average molecular weight is 236 g/mol. The zero-order chi connectivity index (χ0) is 11.5. The summed E-state index contributed by atoms with van der Waals surface area (Å²) in [5.74, 6) is 0.396. The van der Waals surface area contributed by atoms with E-state index in [1.807, 2.05) is 19.1 Å². The second-order valence-electron chi connectivity index (χ2n) is 3.37. The largest absolute Gasteiger partial charge is 0.326 e. The Morgan fingerprint density at radius 2 is 2.19 bits per heavy atom. The highest BCUT2D eigenvalue weighted by Gasteiger charge is 1.99. The minimum absolute atomic E-state index is 0.198. The van der Waals surface area contributed by atoms with Gasteiger partial charge >= 0.3 is 0 Å². The molecule has 0 amide bonds. The van der Waals surface area contributed by atoms with Crippen molar-refractivity contribution in [3.8, 4) is 0 Å². The second kappa shape index (κ2) is 4.37. The molecule has 0 fully saturated rings. The van der Waals surface area contributed by atoms with Crippen LogP contribution in [0.25, 0.3) is 0 Å². The van der Waals surface area contributed by atoms with Gasteiger partial charge in [-0.25, -0.2) is 4.98 Å². The Labute approximate surface area is 97.3 Å². The monoisotopic (exact) mass is 235 g/mol. The molecule has 0 saturated carbocycles. The highest BCUT2D eigenvalue weighted by Crippen LogP contribution is 2.21. The Morgan fingerprint density at radius 3 is 2.88 bits per heavy atom. The van der Waals surface area contributed by atoms with Gasteiger partial charge in [0.15, 0.2) is 0 Å². The van der Waals surface area contributed by atoms with Gasteiger partial charge in [0.1, 0.15) is 0 Å². The van der Waals surface area contributed by atoms with E-state index >= 15 is 0 Å². The van der Waals surface area contributed by atoms with E-state index in [0.717, 1.165) is 11.3 Å². The number of hydrogen-bond donors (Lipinski definition) is 2. The van der Waals surface area contributed by atoms with Crippen LogP contribution in [0.3, 0.4) is 0 Å². The van der Waals surface area contributed by atoms with Crippen LogP contribution in [0.4, 0.5) is 11.6 Å². The first-order chi connectivity index (χ1) is 7.65. The molecule has 82 valence electrons. The molecule has 0 atom stereocenters. The van der Waals surface area contributed by atoms with Gasteiger partial charge in [0, 0.05) is 23.0 Å². The van der Waals surface area contributed by atoms with Crippen LogP contribution in [-0.2, 0) is 0 Å². The van der Waals surface area contributed by atoms with Gasteiger partial charge in [0.05, 0.1) is 0 Å². The summed E-state index contributed by atoms with van der Waals surface area (Å²) in [6, 6.07) is 6.90. The van der Waals surface area contributed by atoms with Gasteiger partial charge in [-0.3, -0.25) is 9.78 Å². The number of aromatic nitrogens is 2. The summed E-state index contributed by atoms with van der Waals surface area (Å²) < 4.78 is 0. The van der Waals surface area contributed by atoms with Gasteiger partial charge in [-0.15, -0.1) is 0 Å². The average Bonchev–Trinajstić information content (AvgIpc) is 2.24. The Morgan fingerprint density at radius 1 is 1.38 bits per heavy atom. The number of benzene rings is 1. The van der Waals surface area contributed by atoms with Crippen molar-refractivity contribution in [2.24, 2.45) is 0 Å². The SMILES string of the molecule is Cc1ccc(Nc2nccc(=O)[nH]2)cc1Cl. The van der Waals surface area contributed by atoms with Gasteiger partial charge in [0.25, 0.3) is 5.56 Å². The molecule has 2 rings (SSSR count). The molecular weight excluding hydrogens is 226 g/mol. The van der Waals surface area contributed by atoms with Crippen molar-refractivity contribution in [3.63, 3.8) is 0 Å². The van der Waals surface area contributed by atoms with Crippen LogP contribution < -0.4 is 10.9 Å². The summed E-state index contributed by atoms with van der Waals surface area (Å²) >= 11 is 5.98. The molecule has 0 aliphatic rings. The molecule has 1 aromatic carbocycles. The topological polar surface area (TPSA) is 57.8 Å². The number of rotatable bonds is 2. The highest BCUT2D eigenvalue weighted by molar-refractivity contribution is 6.31. The lowest BCUT2D eigenvalue weighted by Gasteiger charge is -2.06. The van der Waals surface area contributed by atoms with Gasteiger partial charge in [-0.1, -0.05) is 17.7 Å². The maximum absolute atomic E-state index is 11.0. The number of aryl methyl sites for hydroxylation is 1. The molecule has 0 unspecified atom stereocenters. The summed E-state index contributed by atoms with van der Waals surface area (Å²) in [7, 11) is 0. The molecule has 1 aromatic heterocycles. The fourth-order valence-corrected chi connectivity index (χ4v) is 1.42. The van der Waals surface area contributed by atoms with Gasteiger partial charge < -0.3 is 5.32 Å². The van der Waals surface area contributed by atoms with Crippen LogP contribution in [0.2, 0.25) is 5.02 Å². The van der Waals surface area contributed by atoms with E-state index in [9.17, 15) is 4.79 Å². The summed E-state index contributed by atoms with van der Waals surface area (Å²) in [6.45, 7) is 1.93. The zero-order valence-electron chi connectivity index (χ0n) is 8.62. The standard InChI is InChI=1S/C11H10ClN3O/c1-7-2-3-8(6-9(7)12)14-11-13-5-4-10(16)15-11/h2-6H,1H3,(H2,13,14,15,16). The molecular formula is C11H10ClN3O. The van der Waals surface area contributed by atoms with Crippen molar-refractivity contribution in [2.45, 2.75) is 6.92 Å². The molecule has 0 radical (unpaired) electrons. The van der Waals surface area contributed by atoms with Crippen LogP contribution in [0.5, 0.6) is 0 Å². The minimum Gasteiger partial charge on any atom is -0.326 e. The molecule has 1 heterocycles. The predicted molar refractivity (Wildman–Crippen MR) is 64.3 cm³/mol. The molecule has 0 aliphatic heterocycles. The van der Waals surface area contributed by atoms with Crippen molar-refractivity contribution >= 4 is 23.2 Å². The lowest BCUT2D eigenvalue weighted by molar-refractivity contribution is 1.12. The first-order valence-corrected chi connectivity index (χ1v) is 5.11. The molecule has 16 heavy (non-hydrogen) atoms. The number of anilines is 2. The van der Waals surface area contributed by atoms with E-state index in [2.05, 4.69) is 15.3 Å². The minimum atomic E-state index is -0.198. The molecule has 0 aliphatic carbocycles. The smallest absolute Gasteiger partial charge is 0.252 e. The summed E-state index contributed by atoms with van der Waals surface area (Å²) in [6.07, 6.45) is 1.44. The molecule has 0 spiro atoms. The van der Waals surface area contributed by atoms with Crippen LogP contribution in [-0.4, -0.2) is 9.97 Å². The molecule has 4 nitrogen and oxygen atoms in total. The van der Waals surface area contributed by atoms with Crippen molar-refractivity contribution in [1.29, 1.82) is 0 Å². The molecule has 2 aromatic rings. The van der Waals surface area contributed by atoms with E-state index in [4.69, 9.17) is 11.6 Å². The fourth-order valence-electron chi connectivity index (χ4n) is 1.24. The molecule has 2 N–H and O–H groups in total. The maximum atomic E-state index is 11.0. The van der Waals surface area contributed by atoms with E-state index in [1.165, 1.54) is 12.3 Å². The summed E-state index contributed by atoms with van der Waals surface area (Å²) in [4.78, 5) is 17.6. The third-order valence-electron chi connectivity index (χ3n) is 2.11. The molecule has 0 bridgehead atoms. The number of nitrogens with zero attached hydrogens (tertiary/aromatic N) is 1. The van der Waals surface area contributed by atoms with Crippen LogP contribution in [0, 0.1) is 6.92 Å². The Hall–Kier alpha value is -1.81. The Bertz CT molecular complexity index is 565. The number of halogens is 1. The first kappa shape index (κ1) is 10.7. The van der Waals surface area contributed by atoms with Crippen molar-refractivity contribution in [2.75, 3.05) is 5.32 Å². The summed E-state index contributed by atoms with van der Waals surface area (Å²) in [5, 5.41) is 3.63. The molecule has 5 heteroatoms. The first-order valence-electron chi connectivity index (χ1n) is 4.73. The van der Waals surface area contributed by atoms with Crippen LogP contribution >= 0.6 is 11.6 Å². The van der Waals surface area contributed by atoms with Gasteiger partial charge in [-0.05, 0) is 24.6 Å². The van der Waals surface area contributed by atoms with E-state index in [0.29, 0.717) is 11.0 Å². The normalized spacial score (nSPS) is 10.1. The number of nitrogens with one attached hydrogen (secondary N) is 2. The Kier molecular flexibility index (Phi) is 2.92. The predicted octanol–water partition coefficient (Wildman–Crippen LogP) is 2.48. The van der Waals surface area contributed by atoms with Gasteiger partial charge in [0.2, 0.25) is 5.95 Å². The van der Waals surface area contributed by atoms with E-state index in [-0.39, 0.29) is 5.56 Å². The number of aromatic amines is 1. The lowest BCUT2D eigenvalue weighted by atomic mass is 10.2. The number of H-pyrrole nitrogens is 1. The van der Waals surface area contributed by atoms with Crippen molar-refractivity contribution in [3.05, 3.63) is 51.4 Å². The van der Waals surface area contributed by atoms with Crippen LogP contribution in [0.1, 0.15) is 5.56 Å². The van der Waals surface area contributed by atoms with Crippen molar-refractivity contribution < 1.29 is 0 Å². The maximum Gasteiger partial charge on any atom is 0.252 e. The third-order valence-corrected chi connectivity index (χ3v) is 2.51. The Balaban J connectivity index is 2.27. The van der Waals surface area contributed by atoms with Gasteiger partial charge in [-0.2, -0.15) is 0 Å². The molecule has 0 saturated heterocycles. The fraction of sp³-hybridized carbons (Fsp3) is 0.0909. The quantitative estimate of drug-likeness (QED) is 0.841.